The lowest BCUT2D eigenvalue weighted by Crippen LogP contribution is -2.52. The molecule has 5 heterocycles. The number of imide groups is 1. The van der Waals surface area contributed by atoms with Crippen molar-refractivity contribution < 1.29 is 19.1 Å². The van der Waals surface area contributed by atoms with E-state index in [-0.39, 0.29) is 30.2 Å². The summed E-state index contributed by atoms with van der Waals surface area (Å²) in [4.78, 5) is 52.6. The Kier molecular flexibility index (Phi) is 8.13. The number of benzene rings is 2. The number of carbonyl (C=O) groups excluding carboxylic acids is 3. The molecule has 5 aliphatic rings. The molecule has 10 heteroatoms. The van der Waals surface area contributed by atoms with Gasteiger partial charge in [-0.1, -0.05) is 24.3 Å². The lowest BCUT2D eigenvalue weighted by Gasteiger charge is -2.34. The molecule has 2 aromatic carbocycles. The van der Waals surface area contributed by atoms with Crippen LogP contribution in [0.15, 0.2) is 54.9 Å². The molecule has 4 aliphatic heterocycles. The minimum atomic E-state index is -0.573. The number of hydrogen-bond acceptors (Lipinski definition) is 8. The third kappa shape index (κ3) is 6.48. The highest BCUT2D eigenvalue weighted by Crippen LogP contribution is 2.39. The highest BCUT2D eigenvalue weighted by molar-refractivity contribution is 6.05. The van der Waals surface area contributed by atoms with Crippen LogP contribution in [-0.4, -0.2) is 75.8 Å². The van der Waals surface area contributed by atoms with Crippen molar-refractivity contribution >= 4 is 23.4 Å². The summed E-state index contributed by atoms with van der Waals surface area (Å²) in [5, 5.41) is 2.38. The van der Waals surface area contributed by atoms with Gasteiger partial charge in [0.05, 0.1) is 0 Å². The van der Waals surface area contributed by atoms with Gasteiger partial charge in [0.15, 0.2) is 0 Å². The number of anilines is 1. The van der Waals surface area contributed by atoms with Crippen LogP contribution in [0.5, 0.6) is 6.01 Å². The molecule has 0 spiro atoms. The number of amides is 3. The molecule has 1 saturated carbocycles. The molecule has 1 atom stereocenters. The summed E-state index contributed by atoms with van der Waals surface area (Å²) in [6.45, 7) is 5.37. The first-order valence-electron chi connectivity index (χ1n) is 17.3. The van der Waals surface area contributed by atoms with Gasteiger partial charge >= 0.3 is 6.01 Å². The van der Waals surface area contributed by atoms with Crippen molar-refractivity contribution in [2.45, 2.75) is 88.4 Å². The molecule has 10 nitrogen and oxygen atoms in total. The smallest absolute Gasteiger partial charge is 0.316 e. The fraction of sp³-hybridized carbons (Fsp3) is 0.486. The van der Waals surface area contributed by atoms with Crippen molar-refractivity contribution in [3.05, 3.63) is 82.7 Å². The molecule has 1 unspecified atom stereocenters. The first kappa shape index (κ1) is 30.1. The summed E-state index contributed by atoms with van der Waals surface area (Å²) in [5.74, 6) is 0.377. The molecule has 1 N–H and O–H groups in total. The Hall–Kier alpha value is -4.31. The van der Waals surface area contributed by atoms with Gasteiger partial charge < -0.3 is 14.5 Å². The second-order valence-electron chi connectivity index (χ2n) is 13.9. The number of hydrogen-bond donors (Lipinski definition) is 1. The van der Waals surface area contributed by atoms with Crippen LogP contribution in [0.2, 0.25) is 0 Å². The molecule has 8 rings (SSSR count). The molecule has 0 radical (unpaired) electrons. The maximum Gasteiger partial charge on any atom is 0.316 e. The summed E-state index contributed by atoms with van der Waals surface area (Å²) in [6.07, 6.45) is 11.3. The van der Waals surface area contributed by atoms with Crippen LogP contribution >= 0.6 is 0 Å². The molecule has 1 aliphatic carbocycles. The number of carbonyl (C=O) groups is 3. The van der Waals surface area contributed by atoms with Gasteiger partial charge in [0, 0.05) is 69.1 Å². The van der Waals surface area contributed by atoms with Gasteiger partial charge in [0.2, 0.25) is 11.8 Å². The maximum atomic E-state index is 13.1. The SMILES string of the molecule is O=C1CCC(N2Cc3cc(C4CCN(Cc5ccc(N6CCC(Oc7ncc(C8CC8)cn7)CC6)cc5)CC4)ccc3C2=O)C(=O)N1. The molecule has 47 heavy (non-hydrogen) atoms. The predicted molar refractivity (Wildman–Crippen MR) is 176 cm³/mol. The number of aromatic nitrogens is 2. The quantitative estimate of drug-likeness (QED) is 0.360. The molecule has 0 bridgehead atoms. The van der Waals surface area contributed by atoms with Crippen molar-refractivity contribution in [3.63, 3.8) is 0 Å². The number of fused-ring (bicyclic) bond motifs is 1. The predicted octanol–water partition coefficient (Wildman–Crippen LogP) is 4.54. The first-order valence-corrected chi connectivity index (χ1v) is 17.3. The number of nitrogens with one attached hydrogen (secondary N) is 1. The Morgan fingerprint density at radius 3 is 2.21 bits per heavy atom. The van der Waals surface area contributed by atoms with Gasteiger partial charge in [0.25, 0.3) is 5.91 Å². The standard InChI is InChI=1S/C37H42N6O4/c44-34-10-9-33(35(45)40-34)43-23-28-19-27(5-8-32(28)36(43)46)26-11-15-41(16-12-26)22-24-1-6-30(7-2-24)42-17-13-31(14-18-42)47-37-38-20-29(21-39-37)25-3-4-25/h1-2,5-8,19-21,25-26,31,33H,3-4,9-18,22-23H2,(H,40,44,45). The highest BCUT2D eigenvalue weighted by atomic mass is 16.5. The van der Waals surface area contributed by atoms with Crippen molar-refractivity contribution in [1.82, 2.24) is 25.1 Å². The number of likely N-dealkylation sites (tertiary alicyclic amines) is 1. The van der Waals surface area contributed by atoms with E-state index in [0.717, 1.165) is 64.0 Å². The minimum absolute atomic E-state index is 0.111. The average Bonchev–Trinajstić information content (AvgIpc) is 3.90. The van der Waals surface area contributed by atoms with Crippen molar-refractivity contribution in [3.8, 4) is 6.01 Å². The molecule has 4 fully saturated rings. The second kappa shape index (κ2) is 12.7. The summed E-state index contributed by atoms with van der Waals surface area (Å²) in [6, 6.07) is 15.2. The Bertz CT molecular complexity index is 1640. The van der Waals surface area contributed by atoms with E-state index in [0.29, 0.717) is 36.4 Å². The van der Waals surface area contributed by atoms with Gasteiger partial charge in [-0.05, 0) is 97.5 Å². The Balaban J connectivity index is 0.797. The topological polar surface area (TPSA) is 108 Å². The second-order valence-corrected chi connectivity index (χ2v) is 13.9. The van der Waals surface area contributed by atoms with Crippen LogP contribution in [0, 0.1) is 0 Å². The summed E-state index contributed by atoms with van der Waals surface area (Å²) in [5.41, 5.74) is 6.78. The Morgan fingerprint density at radius 1 is 0.787 bits per heavy atom. The van der Waals surface area contributed by atoms with Crippen LogP contribution in [0.4, 0.5) is 5.69 Å². The van der Waals surface area contributed by atoms with Gasteiger partial charge in [0.1, 0.15) is 12.1 Å². The third-order valence-corrected chi connectivity index (χ3v) is 10.7. The van der Waals surface area contributed by atoms with Gasteiger partial charge in [-0.15, -0.1) is 0 Å². The largest absolute Gasteiger partial charge is 0.460 e. The fourth-order valence-electron chi connectivity index (χ4n) is 7.74. The number of rotatable bonds is 8. The lowest BCUT2D eigenvalue weighted by atomic mass is 9.87. The number of nitrogens with zero attached hydrogens (tertiary/aromatic N) is 5. The van der Waals surface area contributed by atoms with E-state index in [1.807, 2.05) is 18.5 Å². The highest BCUT2D eigenvalue weighted by Gasteiger charge is 2.39. The van der Waals surface area contributed by atoms with Crippen molar-refractivity contribution in [2.75, 3.05) is 31.1 Å². The summed E-state index contributed by atoms with van der Waals surface area (Å²) in [7, 11) is 0. The molecular weight excluding hydrogens is 592 g/mol. The minimum Gasteiger partial charge on any atom is -0.460 e. The zero-order chi connectivity index (χ0) is 31.9. The Morgan fingerprint density at radius 2 is 1.51 bits per heavy atom. The molecule has 1 aromatic heterocycles. The maximum absolute atomic E-state index is 13.1. The van der Waals surface area contributed by atoms with E-state index in [2.05, 4.69) is 61.5 Å². The normalized spacial score (nSPS) is 22.8. The third-order valence-electron chi connectivity index (χ3n) is 10.7. The van der Waals surface area contributed by atoms with Gasteiger partial charge in [-0.2, -0.15) is 0 Å². The van der Waals surface area contributed by atoms with Crippen LogP contribution in [0.3, 0.4) is 0 Å². The molecule has 244 valence electrons. The lowest BCUT2D eigenvalue weighted by molar-refractivity contribution is -0.136. The molecular formula is C37H42N6O4. The summed E-state index contributed by atoms with van der Waals surface area (Å²) >= 11 is 0. The van der Waals surface area contributed by atoms with E-state index in [9.17, 15) is 14.4 Å². The molecule has 3 amide bonds. The van der Waals surface area contributed by atoms with Crippen LogP contribution < -0.4 is 15.0 Å². The zero-order valence-corrected chi connectivity index (χ0v) is 26.8. The van der Waals surface area contributed by atoms with Crippen LogP contribution in [0.25, 0.3) is 0 Å². The van der Waals surface area contributed by atoms with Crippen LogP contribution in [0.1, 0.15) is 95.8 Å². The zero-order valence-electron chi connectivity index (χ0n) is 26.8. The van der Waals surface area contributed by atoms with Crippen LogP contribution in [-0.2, 0) is 22.7 Å². The first-order chi connectivity index (χ1) is 23.0. The van der Waals surface area contributed by atoms with Gasteiger partial charge in [-0.25, -0.2) is 9.97 Å². The Labute approximate surface area is 275 Å². The van der Waals surface area contributed by atoms with E-state index in [1.165, 1.54) is 35.2 Å². The van der Waals surface area contributed by atoms with Crippen molar-refractivity contribution in [2.24, 2.45) is 0 Å². The molecule has 3 saturated heterocycles. The van der Waals surface area contributed by atoms with E-state index in [4.69, 9.17) is 4.74 Å². The van der Waals surface area contributed by atoms with E-state index < -0.39 is 6.04 Å². The summed E-state index contributed by atoms with van der Waals surface area (Å²) < 4.78 is 6.10. The average molecular weight is 635 g/mol. The number of ether oxygens (including phenoxy) is 1. The molecule has 3 aromatic rings. The van der Waals surface area contributed by atoms with E-state index >= 15 is 0 Å². The van der Waals surface area contributed by atoms with Gasteiger partial charge in [-0.3, -0.25) is 24.6 Å². The van der Waals surface area contributed by atoms with E-state index in [1.54, 1.807) is 4.90 Å². The fourth-order valence-corrected chi connectivity index (χ4v) is 7.74. The van der Waals surface area contributed by atoms with Crippen molar-refractivity contribution in [1.29, 1.82) is 0 Å². The number of piperidine rings is 3. The monoisotopic (exact) mass is 634 g/mol.